The number of piperidine rings is 1. The summed E-state index contributed by atoms with van der Waals surface area (Å²) in [6.07, 6.45) is 5.85. The van der Waals surface area contributed by atoms with Gasteiger partial charge in [-0.15, -0.1) is 0 Å². The second kappa shape index (κ2) is 8.35. The number of amides is 1. The minimum absolute atomic E-state index is 0.0738. The predicted octanol–water partition coefficient (Wildman–Crippen LogP) is 2.69. The Morgan fingerprint density at radius 1 is 1.21 bits per heavy atom. The van der Waals surface area contributed by atoms with Crippen LogP contribution >= 0.6 is 11.6 Å². The van der Waals surface area contributed by atoms with Crippen LogP contribution in [0.2, 0.25) is 5.02 Å². The number of aromatic nitrogens is 2. The lowest BCUT2D eigenvalue weighted by molar-refractivity contribution is -0.125. The Kier molecular flexibility index (Phi) is 5.67. The molecule has 1 aliphatic heterocycles. The van der Waals surface area contributed by atoms with Crippen molar-refractivity contribution < 1.29 is 4.79 Å². The zero-order valence-corrected chi connectivity index (χ0v) is 16.6. The van der Waals surface area contributed by atoms with Gasteiger partial charge >= 0.3 is 0 Å². The van der Waals surface area contributed by atoms with E-state index in [2.05, 4.69) is 10.4 Å². The summed E-state index contributed by atoms with van der Waals surface area (Å²) in [7, 11) is 0. The fraction of sp³-hybridized carbons (Fsp3) is 0.476. The molecule has 1 amide bonds. The first-order valence-electron chi connectivity index (χ1n) is 9.94. The van der Waals surface area contributed by atoms with E-state index in [1.165, 1.54) is 17.5 Å². The Hall–Kier alpha value is -2.34. The molecular formula is C21H25ClN4O2. The number of halogens is 1. The molecule has 4 rings (SSSR count). The Morgan fingerprint density at radius 3 is 2.75 bits per heavy atom. The van der Waals surface area contributed by atoms with Crippen LogP contribution < -0.4 is 15.8 Å². The summed E-state index contributed by atoms with van der Waals surface area (Å²) in [5, 5.41) is 7.56. The molecule has 28 heavy (non-hydrogen) atoms. The second-order valence-corrected chi connectivity index (χ2v) is 8.14. The Bertz CT molecular complexity index is 895. The van der Waals surface area contributed by atoms with Gasteiger partial charge in [0.1, 0.15) is 5.02 Å². The standard InChI is InChI=1S/C21H25ClN4O2/c22-19-18(12-24-26(21(19)28)13-16-5-2-1-3-6-16)25-10-4-7-17(14-25)20(27)23-11-15-8-9-15/h1-3,5-6,12,15,17H,4,7-11,13-14H2,(H,23,27). The van der Waals surface area contributed by atoms with Crippen molar-refractivity contribution in [2.24, 2.45) is 11.8 Å². The molecule has 2 heterocycles. The Balaban J connectivity index is 1.46. The Labute approximate surface area is 169 Å². The van der Waals surface area contributed by atoms with Gasteiger partial charge in [-0.3, -0.25) is 9.59 Å². The third kappa shape index (κ3) is 4.38. The molecule has 0 spiro atoms. The third-order valence-electron chi connectivity index (χ3n) is 5.54. The number of hydrogen-bond donors (Lipinski definition) is 1. The lowest BCUT2D eigenvalue weighted by Gasteiger charge is -2.33. The van der Waals surface area contributed by atoms with Gasteiger partial charge in [-0.25, -0.2) is 4.68 Å². The van der Waals surface area contributed by atoms with Gasteiger partial charge in [0.25, 0.3) is 5.56 Å². The zero-order chi connectivity index (χ0) is 19.5. The van der Waals surface area contributed by atoms with E-state index in [4.69, 9.17) is 11.6 Å². The van der Waals surface area contributed by atoms with Gasteiger partial charge in [0.15, 0.2) is 0 Å². The minimum Gasteiger partial charge on any atom is -0.368 e. The average Bonchev–Trinajstić information content (AvgIpc) is 3.55. The second-order valence-electron chi connectivity index (χ2n) is 7.77. The molecule has 1 aromatic carbocycles. The van der Waals surface area contributed by atoms with Crippen LogP contribution in [0, 0.1) is 11.8 Å². The van der Waals surface area contributed by atoms with Crippen LogP contribution in [0.15, 0.2) is 41.3 Å². The van der Waals surface area contributed by atoms with Gasteiger partial charge in [0.2, 0.25) is 5.91 Å². The van der Waals surface area contributed by atoms with Gasteiger partial charge in [0, 0.05) is 19.6 Å². The summed E-state index contributed by atoms with van der Waals surface area (Å²) in [4.78, 5) is 27.2. The summed E-state index contributed by atoms with van der Waals surface area (Å²) in [6, 6.07) is 9.69. The highest BCUT2D eigenvalue weighted by Gasteiger charge is 2.29. The van der Waals surface area contributed by atoms with E-state index >= 15 is 0 Å². The van der Waals surface area contributed by atoms with Crippen LogP contribution in [-0.2, 0) is 11.3 Å². The van der Waals surface area contributed by atoms with Crippen molar-refractivity contribution >= 4 is 23.2 Å². The molecular weight excluding hydrogens is 376 g/mol. The van der Waals surface area contributed by atoms with E-state index in [0.717, 1.165) is 31.5 Å². The number of anilines is 1. The van der Waals surface area contributed by atoms with Crippen molar-refractivity contribution in [3.8, 4) is 0 Å². The maximum Gasteiger partial charge on any atom is 0.287 e. The van der Waals surface area contributed by atoms with E-state index < -0.39 is 0 Å². The van der Waals surface area contributed by atoms with Gasteiger partial charge < -0.3 is 10.2 Å². The van der Waals surface area contributed by atoms with Gasteiger partial charge in [-0.1, -0.05) is 41.9 Å². The van der Waals surface area contributed by atoms with Crippen LogP contribution in [-0.4, -0.2) is 35.3 Å². The molecule has 6 nitrogen and oxygen atoms in total. The van der Waals surface area contributed by atoms with Crippen LogP contribution in [0.5, 0.6) is 0 Å². The molecule has 7 heteroatoms. The smallest absolute Gasteiger partial charge is 0.287 e. The van der Waals surface area contributed by atoms with E-state index in [1.807, 2.05) is 35.2 Å². The van der Waals surface area contributed by atoms with Crippen molar-refractivity contribution in [1.82, 2.24) is 15.1 Å². The molecule has 148 valence electrons. The van der Waals surface area contributed by atoms with Gasteiger partial charge in [0.05, 0.1) is 24.3 Å². The maximum absolute atomic E-state index is 12.7. The largest absolute Gasteiger partial charge is 0.368 e. The summed E-state index contributed by atoms with van der Waals surface area (Å²) in [5.41, 5.74) is 1.31. The third-order valence-corrected chi connectivity index (χ3v) is 5.89. The molecule has 1 saturated heterocycles. The first kappa shape index (κ1) is 19.0. The molecule has 1 saturated carbocycles. The number of benzene rings is 1. The summed E-state index contributed by atoms with van der Waals surface area (Å²) < 4.78 is 1.38. The van der Waals surface area contributed by atoms with Crippen LogP contribution in [0.4, 0.5) is 5.69 Å². The molecule has 1 aliphatic carbocycles. The molecule has 2 fully saturated rings. The molecule has 1 N–H and O–H groups in total. The minimum atomic E-state index is -0.302. The van der Waals surface area contributed by atoms with E-state index in [0.29, 0.717) is 24.7 Å². The highest BCUT2D eigenvalue weighted by molar-refractivity contribution is 6.33. The molecule has 1 unspecified atom stereocenters. The topological polar surface area (TPSA) is 67.2 Å². The first-order chi connectivity index (χ1) is 13.6. The highest BCUT2D eigenvalue weighted by Crippen LogP contribution is 2.29. The van der Waals surface area contributed by atoms with Crippen molar-refractivity contribution in [3.63, 3.8) is 0 Å². The van der Waals surface area contributed by atoms with E-state index in [-0.39, 0.29) is 22.4 Å². The molecule has 1 aromatic heterocycles. The molecule has 0 bridgehead atoms. The van der Waals surface area contributed by atoms with E-state index in [1.54, 1.807) is 6.20 Å². The number of carbonyl (C=O) groups is 1. The fourth-order valence-corrected chi connectivity index (χ4v) is 3.93. The van der Waals surface area contributed by atoms with Crippen molar-refractivity contribution in [2.75, 3.05) is 24.5 Å². The van der Waals surface area contributed by atoms with Crippen molar-refractivity contribution in [3.05, 3.63) is 57.5 Å². The summed E-state index contributed by atoms with van der Waals surface area (Å²) >= 11 is 6.42. The monoisotopic (exact) mass is 400 g/mol. The fourth-order valence-electron chi connectivity index (χ4n) is 3.67. The number of rotatable bonds is 6. The highest BCUT2D eigenvalue weighted by atomic mass is 35.5. The SMILES string of the molecule is O=C(NCC1CC1)C1CCCN(c2cnn(Cc3ccccc3)c(=O)c2Cl)C1. The van der Waals surface area contributed by atoms with Crippen LogP contribution in [0.3, 0.4) is 0 Å². The van der Waals surface area contributed by atoms with Gasteiger partial charge in [-0.2, -0.15) is 5.10 Å². The van der Waals surface area contributed by atoms with E-state index in [9.17, 15) is 9.59 Å². The van der Waals surface area contributed by atoms with Crippen LogP contribution in [0.1, 0.15) is 31.2 Å². The maximum atomic E-state index is 12.7. The summed E-state index contributed by atoms with van der Waals surface area (Å²) in [6.45, 7) is 2.51. The lowest BCUT2D eigenvalue weighted by atomic mass is 9.96. The summed E-state index contributed by atoms with van der Waals surface area (Å²) in [5.74, 6) is 0.702. The zero-order valence-electron chi connectivity index (χ0n) is 15.8. The number of nitrogens with zero attached hydrogens (tertiary/aromatic N) is 3. The molecule has 2 aromatic rings. The molecule has 2 aliphatic rings. The van der Waals surface area contributed by atoms with Crippen molar-refractivity contribution in [2.45, 2.75) is 32.2 Å². The molecule has 1 atom stereocenters. The number of carbonyl (C=O) groups excluding carboxylic acids is 1. The van der Waals surface area contributed by atoms with Crippen molar-refractivity contribution in [1.29, 1.82) is 0 Å². The van der Waals surface area contributed by atoms with Gasteiger partial charge in [-0.05, 0) is 37.2 Å². The first-order valence-corrected chi connectivity index (χ1v) is 10.3. The molecule has 0 radical (unpaired) electrons. The predicted molar refractivity (Wildman–Crippen MR) is 110 cm³/mol. The number of hydrogen-bond acceptors (Lipinski definition) is 4. The number of nitrogens with one attached hydrogen (secondary N) is 1. The van der Waals surface area contributed by atoms with Crippen LogP contribution in [0.25, 0.3) is 0 Å². The quantitative estimate of drug-likeness (QED) is 0.809. The Morgan fingerprint density at radius 2 is 2.00 bits per heavy atom. The lowest BCUT2D eigenvalue weighted by Crippen LogP contribution is -2.44. The normalized spacial score (nSPS) is 19.5. The average molecular weight is 401 g/mol.